The molecule has 0 spiro atoms. The van der Waals surface area contributed by atoms with Crippen molar-refractivity contribution in [2.75, 3.05) is 0 Å². The SMILES string of the molecule is [2H]c1c([2H])c([2H])c2c(-c3c4c([2H])c([2H])c([2H])c([2H])c4c(-c4ccc5c(c4)oc4ccc6ccccc6c45)c4c([2H])c([2H])c([2H])c([2H])c34)c([2H])c([2H])c([2H])c2c1[2H]. The van der Waals surface area contributed by atoms with Crippen LogP contribution in [0.15, 0.2) is 150 Å². The highest BCUT2D eigenvalue weighted by atomic mass is 16.3. The maximum absolute atomic E-state index is 9.30. The smallest absolute Gasteiger partial charge is 0.136 e. The maximum atomic E-state index is 9.30. The average molecular weight is 536 g/mol. The summed E-state index contributed by atoms with van der Waals surface area (Å²) in [4.78, 5) is 0. The Morgan fingerprint density at radius 1 is 0.439 bits per heavy atom. The second-order valence-electron chi connectivity index (χ2n) is 9.72. The summed E-state index contributed by atoms with van der Waals surface area (Å²) in [5.74, 6) is 0. The molecule has 0 aliphatic carbocycles. The molecule has 0 amide bonds. The Bertz CT molecular complexity index is 3220. The van der Waals surface area contributed by atoms with Crippen molar-refractivity contribution in [3.05, 3.63) is 145 Å². The number of rotatable bonds is 2. The van der Waals surface area contributed by atoms with Gasteiger partial charge in [0.15, 0.2) is 0 Å². The molecule has 9 aromatic rings. The molecule has 41 heavy (non-hydrogen) atoms. The summed E-state index contributed by atoms with van der Waals surface area (Å²) in [6.07, 6.45) is 0. The number of fused-ring (bicyclic) bond motifs is 8. The molecule has 1 nitrogen and oxygen atoms in total. The van der Waals surface area contributed by atoms with Crippen LogP contribution < -0.4 is 0 Å². The third-order valence-electron chi connectivity index (χ3n) is 7.59. The number of benzene rings is 8. The molecule has 0 atom stereocenters. The molecule has 190 valence electrons. The van der Waals surface area contributed by atoms with E-state index in [1.807, 2.05) is 36.4 Å². The summed E-state index contributed by atoms with van der Waals surface area (Å²) in [6.45, 7) is 0. The van der Waals surface area contributed by atoms with Gasteiger partial charge < -0.3 is 4.42 Å². The fourth-order valence-corrected chi connectivity index (χ4v) is 5.87. The van der Waals surface area contributed by atoms with Crippen LogP contribution in [0.4, 0.5) is 0 Å². The average Bonchev–Trinajstić information content (AvgIpc) is 3.58. The van der Waals surface area contributed by atoms with Gasteiger partial charge in [0, 0.05) is 10.8 Å². The fourth-order valence-electron chi connectivity index (χ4n) is 5.87. The Balaban J connectivity index is 1.58. The van der Waals surface area contributed by atoms with Crippen LogP contribution in [-0.2, 0) is 0 Å². The molecule has 1 aromatic heterocycles. The molecule has 0 saturated heterocycles. The van der Waals surface area contributed by atoms with Crippen molar-refractivity contribution >= 4 is 65.0 Å². The Labute approximate surface area is 258 Å². The fraction of sp³-hybridized carbons (Fsp3) is 0. The van der Waals surface area contributed by atoms with Crippen LogP contribution in [0.5, 0.6) is 0 Å². The van der Waals surface area contributed by atoms with E-state index < -0.39 is 107 Å². The first kappa shape index (κ1) is 12.4. The van der Waals surface area contributed by atoms with Gasteiger partial charge in [-0.2, -0.15) is 0 Å². The lowest BCUT2D eigenvalue weighted by molar-refractivity contribution is 0.669. The zero-order chi connectivity index (χ0) is 40.0. The van der Waals surface area contributed by atoms with Gasteiger partial charge in [-0.05, 0) is 83.5 Å². The first-order valence-corrected chi connectivity index (χ1v) is 12.9. The molecule has 0 N–H and O–H groups in total. The third kappa shape index (κ3) is 3.24. The van der Waals surface area contributed by atoms with Gasteiger partial charge in [-0.3, -0.25) is 0 Å². The first-order valence-electron chi connectivity index (χ1n) is 20.4. The van der Waals surface area contributed by atoms with Gasteiger partial charge in [-0.25, -0.2) is 0 Å². The molecule has 0 aliphatic rings. The lowest BCUT2D eigenvalue weighted by Crippen LogP contribution is -1.91. The summed E-state index contributed by atoms with van der Waals surface area (Å²) in [5, 5.41) is 1.64. The number of hydrogen-bond acceptors (Lipinski definition) is 1. The van der Waals surface area contributed by atoms with Crippen LogP contribution in [0, 0.1) is 0 Å². The standard InChI is InChI=1S/C40H24O/c1-3-13-28-25(10-1)12-9-19-30(28)39-33-17-7-5-15-31(33)38(32-16-6-8-18-34(32)39)27-20-22-35-37(24-27)41-36-23-21-26-11-2-4-14-29(26)40(35)36/h1-24H/i1D,3D,5D,6D,7D,8D,9D,10D,12D,13D,15D,16D,17D,18D,19D. The topological polar surface area (TPSA) is 13.1 Å². The molecule has 1 heterocycles. The van der Waals surface area contributed by atoms with E-state index in [4.69, 9.17) is 18.1 Å². The van der Waals surface area contributed by atoms with Gasteiger partial charge in [-0.15, -0.1) is 0 Å². The minimum Gasteiger partial charge on any atom is -0.456 e. The molecule has 0 unspecified atom stereocenters. The Morgan fingerprint density at radius 3 is 1.88 bits per heavy atom. The van der Waals surface area contributed by atoms with E-state index in [0.29, 0.717) is 11.2 Å². The lowest BCUT2D eigenvalue weighted by Gasteiger charge is -2.18. The van der Waals surface area contributed by atoms with Crippen LogP contribution in [0.1, 0.15) is 20.6 Å². The minimum atomic E-state index is -0.757. The summed E-state index contributed by atoms with van der Waals surface area (Å²) in [7, 11) is 0. The van der Waals surface area contributed by atoms with Gasteiger partial charge >= 0.3 is 0 Å². The van der Waals surface area contributed by atoms with Gasteiger partial charge in [0.25, 0.3) is 0 Å². The zero-order valence-electron chi connectivity index (χ0n) is 36.1. The van der Waals surface area contributed by atoms with Crippen molar-refractivity contribution in [2.45, 2.75) is 0 Å². The monoisotopic (exact) mass is 535 g/mol. The van der Waals surface area contributed by atoms with Crippen LogP contribution in [0.3, 0.4) is 0 Å². The van der Waals surface area contributed by atoms with E-state index in [-0.39, 0.29) is 38.2 Å². The zero-order valence-corrected chi connectivity index (χ0v) is 21.1. The Morgan fingerprint density at radius 2 is 1.10 bits per heavy atom. The van der Waals surface area contributed by atoms with Crippen LogP contribution in [-0.4, -0.2) is 0 Å². The van der Waals surface area contributed by atoms with Crippen LogP contribution in [0.25, 0.3) is 87.3 Å². The molecule has 0 aliphatic heterocycles. The first-order chi connectivity index (χ1) is 26.6. The largest absolute Gasteiger partial charge is 0.456 e. The highest BCUT2D eigenvalue weighted by Crippen LogP contribution is 2.46. The van der Waals surface area contributed by atoms with Crippen molar-refractivity contribution in [3.8, 4) is 22.3 Å². The normalized spacial score (nSPS) is 17.0. The van der Waals surface area contributed by atoms with Gasteiger partial charge in [0.1, 0.15) is 11.2 Å². The van der Waals surface area contributed by atoms with Crippen molar-refractivity contribution in [1.82, 2.24) is 0 Å². The van der Waals surface area contributed by atoms with Crippen molar-refractivity contribution < 1.29 is 25.0 Å². The Kier molecular flexibility index (Phi) is 2.59. The third-order valence-corrected chi connectivity index (χ3v) is 7.59. The van der Waals surface area contributed by atoms with Gasteiger partial charge in [-0.1, -0.05) is 127 Å². The van der Waals surface area contributed by atoms with Crippen LogP contribution in [0.2, 0.25) is 0 Å². The molecule has 1 heteroatoms. The molecule has 0 saturated carbocycles. The molecule has 8 aromatic carbocycles. The number of hydrogen-bond donors (Lipinski definition) is 0. The molecular formula is C40H24O. The van der Waals surface area contributed by atoms with E-state index >= 15 is 0 Å². The summed E-state index contributed by atoms with van der Waals surface area (Å²) >= 11 is 0. The maximum Gasteiger partial charge on any atom is 0.136 e. The van der Waals surface area contributed by atoms with E-state index in [2.05, 4.69) is 0 Å². The van der Waals surface area contributed by atoms with Crippen molar-refractivity contribution in [3.63, 3.8) is 0 Å². The van der Waals surface area contributed by atoms with E-state index in [9.17, 15) is 6.85 Å². The molecular weight excluding hydrogens is 496 g/mol. The highest BCUT2D eigenvalue weighted by molar-refractivity contribution is 6.24. The van der Waals surface area contributed by atoms with Crippen molar-refractivity contribution in [1.29, 1.82) is 0 Å². The van der Waals surface area contributed by atoms with Crippen molar-refractivity contribution in [2.24, 2.45) is 0 Å². The number of furan rings is 1. The second-order valence-corrected chi connectivity index (χ2v) is 9.72. The molecule has 0 radical (unpaired) electrons. The molecule has 0 bridgehead atoms. The quantitative estimate of drug-likeness (QED) is 0.201. The summed E-state index contributed by atoms with van der Waals surface area (Å²) < 4.78 is 140. The van der Waals surface area contributed by atoms with Crippen LogP contribution >= 0.6 is 0 Å². The van der Waals surface area contributed by atoms with E-state index in [0.717, 1.165) is 21.5 Å². The molecule has 9 rings (SSSR count). The summed E-state index contributed by atoms with van der Waals surface area (Å²) in [6, 6.07) is 6.41. The predicted octanol–water partition coefficient (Wildman–Crippen LogP) is 11.5. The second kappa shape index (κ2) is 8.55. The predicted molar refractivity (Wildman–Crippen MR) is 175 cm³/mol. The lowest BCUT2D eigenvalue weighted by atomic mass is 9.84. The summed E-state index contributed by atoms with van der Waals surface area (Å²) in [5.41, 5.74) is 0.449. The Hall–Kier alpha value is -5.40. The van der Waals surface area contributed by atoms with Gasteiger partial charge in [0.2, 0.25) is 0 Å². The van der Waals surface area contributed by atoms with E-state index in [1.54, 1.807) is 18.2 Å². The minimum absolute atomic E-state index is 0.00547. The van der Waals surface area contributed by atoms with E-state index in [1.165, 1.54) is 0 Å². The molecule has 0 fully saturated rings. The van der Waals surface area contributed by atoms with Gasteiger partial charge in [0.05, 0.1) is 20.6 Å². The highest BCUT2D eigenvalue weighted by Gasteiger charge is 2.19.